The van der Waals surface area contributed by atoms with E-state index in [9.17, 15) is 24.8 Å². The lowest BCUT2D eigenvalue weighted by Crippen LogP contribution is -2.17. The first-order chi connectivity index (χ1) is 13.1. The van der Waals surface area contributed by atoms with Gasteiger partial charge in [-0.2, -0.15) is 5.10 Å². The summed E-state index contributed by atoms with van der Waals surface area (Å²) in [7, 11) is 3.38. The molecule has 0 bridgehead atoms. The van der Waals surface area contributed by atoms with Crippen LogP contribution in [0.5, 0.6) is 5.75 Å². The van der Waals surface area contributed by atoms with Crippen molar-refractivity contribution in [2.45, 2.75) is 0 Å². The van der Waals surface area contributed by atoms with E-state index < -0.39 is 10.8 Å². The normalized spacial score (nSPS) is 10.0. The van der Waals surface area contributed by atoms with E-state index >= 15 is 0 Å². The summed E-state index contributed by atoms with van der Waals surface area (Å²) < 4.78 is 0. The minimum Gasteiger partial charge on any atom is -0.506 e. The van der Waals surface area contributed by atoms with Crippen LogP contribution in [0.2, 0.25) is 10.0 Å². The number of hydrogen-bond acceptors (Lipinski definition) is 6. The van der Waals surface area contributed by atoms with Gasteiger partial charge in [0.15, 0.2) is 0 Å². The molecule has 2 amide bonds. The average molecular weight is 427 g/mol. The van der Waals surface area contributed by atoms with E-state index in [0.29, 0.717) is 5.02 Å². The molecule has 0 heterocycles. The molecule has 2 N–H and O–H groups in total. The van der Waals surface area contributed by atoms with E-state index in [1.807, 2.05) is 0 Å². The molecule has 0 radical (unpaired) electrons. The molecule has 0 saturated carbocycles. The van der Waals surface area contributed by atoms with Crippen molar-refractivity contribution in [3.63, 3.8) is 0 Å². The summed E-state index contributed by atoms with van der Waals surface area (Å²) in [5.41, 5.74) is 2.53. The number of benzene rings is 2. The molecule has 0 aromatic heterocycles. The number of amides is 2. The van der Waals surface area contributed by atoms with Crippen LogP contribution in [-0.4, -0.2) is 47.6 Å². The van der Waals surface area contributed by atoms with Gasteiger partial charge in [-0.25, -0.2) is 5.43 Å². The summed E-state index contributed by atoms with van der Waals surface area (Å²) in [4.78, 5) is 32.7. The first-order valence-corrected chi connectivity index (χ1v) is 8.29. The Labute approximate surface area is 170 Å². The molecular formula is C17H16Cl2N4O5. The lowest BCUT2D eigenvalue weighted by atomic mass is 10.2. The third-order valence-corrected chi connectivity index (χ3v) is 3.48. The van der Waals surface area contributed by atoms with Gasteiger partial charge >= 0.3 is 0 Å². The molecule has 148 valence electrons. The molecule has 11 heteroatoms. The quantitative estimate of drug-likeness (QED) is 0.328. The second-order valence-corrected chi connectivity index (χ2v) is 6.24. The maximum absolute atomic E-state index is 11.8. The number of aromatic hydroxyl groups is 1. The summed E-state index contributed by atoms with van der Waals surface area (Å²) in [5.74, 6) is -0.784. The third-order valence-electron chi connectivity index (χ3n) is 2.98. The fourth-order valence-electron chi connectivity index (χ4n) is 1.64. The molecule has 2 aromatic rings. The van der Waals surface area contributed by atoms with E-state index in [2.05, 4.69) is 10.5 Å². The summed E-state index contributed by atoms with van der Waals surface area (Å²) in [6.07, 6.45) is 1.93. The molecule has 28 heavy (non-hydrogen) atoms. The highest BCUT2D eigenvalue weighted by Crippen LogP contribution is 2.29. The van der Waals surface area contributed by atoms with Crippen LogP contribution in [0.1, 0.15) is 15.9 Å². The maximum Gasteiger partial charge on any atom is 0.271 e. The Morgan fingerprint density at radius 1 is 1.25 bits per heavy atom. The number of carbonyl (C=O) groups excluding carboxylic acids is 2. The number of nitrogens with zero attached hydrogens (tertiary/aromatic N) is 3. The smallest absolute Gasteiger partial charge is 0.271 e. The number of nitrogens with one attached hydrogen (secondary N) is 1. The Morgan fingerprint density at radius 2 is 1.82 bits per heavy atom. The standard InChI is InChI=1S/C14H9Cl2N3O4.C3H7NO/c15-10-5-9(13(20)12(16)6-10)7-17-18-14(21)8-1-3-11(4-2-8)19(22)23;1-4(2)3-5/h1-7,20H,(H,18,21);3H,1-2H3/b17-7+;. The minimum atomic E-state index is -0.566. The van der Waals surface area contributed by atoms with Gasteiger partial charge in [-0.05, 0) is 24.3 Å². The highest BCUT2D eigenvalue weighted by atomic mass is 35.5. The second-order valence-electron chi connectivity index (χ2n) is 5.40. The van der Waals surface area contributed by atoms with Gasteiger partial charge in [-0.1, -0.05) is 23.2 Å². The number of nitro groups is 1. The third kappa shape index (κ3) is 7.22. The number of rotatable bonds is 5. The Hall–Kier alpha value is -3.17. The Kier molecular flexibility index (Phi) is 8.86. The van der Waals surface area contributed by atoms with E-state index in [0.717, 1.165) is 6.41 Å². The number of hydrogen-bond donors (Lipinski definition) is 2. The van der Waals surface area contributed by atoms with Gasteiger partial charge in [0, 0.05) is 42.4 Å². The van der Waals surface area contributed by atoms with Crippen molar-refractivity contribution in [2.75, 3.05) is 14.1 Å². The maximum atomic E-state index is 11.8. The zero-order valence-electron chi connectivity index (χ0n) is 14.8. The zero-order chi connectivity index (χ0) is 21.3. The van der Waals surface area contributed by atoms with E-state index in [1.54, 1.807) is 14.1 Å². The van der Waals surface area contributed by atoms with Crippen LogP contribution in [-0.2, 0) is 4.79 Å². The van der Waals surface area contributed by atoms with Crippen LogP contribution < -0.4 is 5.43 Å². The summed E-state index contributed by atoms with van der Waals surface area (Å²) >= 11 is 11.6. The molecule has 0 aliphatic carbocycles. The molecule has 2 aromatic carbocycles. The molecule has 0 saturated heterocycles. The van der Waals surface area contributed by atoms with Crippen LogP contribution in [0, 0.1) is 10.1 Å². The number of nitro benzene ring substituents is 1. The Morgan fingerprint density at radius 3 is 2.32 bits per heavy atom. The molecule has 0 aliphatic rings. The molecule has 2 rings (SSSR count). The largest absolute Gasteiger partial charge is 0.506 e. The lowest BCUT2D eigenvalue weighted by Gasteiger charge is -2.03. The zero-order valence-corrected chi connectivity index (χ0v) is 16.3. The van der Waals surface area contributed by atoms with Crippen molar-refractivity contribution in [2.24, 2.45) is 5.10 Å². The van der Waals surface area contributed by atoms with Gasteiger partial charge in [0.05, 0.1) is 16.2 Å². The van der Waals surface area contributed by atoms with E-state index in [4.69, 9.17) is 23.2 Å². The number of hydrazone groups is 1. The first-order valence-electron chi connectivity index (χ1n) is 7.53. The van der Waals surface area contributed by atoms with Crippen molar-refractivity contribution in [1.29, 1.82) is 0 Å². The summed E-state index contributed by atoms with van der Waals surface area (Å²) in [6, 6.07) is 7.81. The van der Waals surface area contributed by atoms with E-state index in [-0.39, 0.29) is 27.6 Å². The molecule has 9 nitrogen and oxygen atoms in total. The molecule has 0 fully saturated rings. The van der Waals surface area contributed by atoms with Gasteiger partial charge in [-0.3, -0.25) is 19.7 Å². The van der Waals surface area contributed by atoms with Crippen LogP contribution >= 0.6 is 23.2 Å². The molecule has 0 unspecified atom stereocenters. The fraction of sp³-hybridized carbons (Fsp3) is 0.118. The topological polar surface area (TPSA) is 125 Å². The molecule has 0 atom stereocenters. The predicted octanol–water partition coefficient (Wildman–Crippen LogP) is 3.08. The highest BCUT2D eigenvalue weighted by molar-refractivity contribution is 6.36. The van der Waals surface area contributed by atoms with Crippen molar-refractivity contribution in [1.82, 2.24) is 10.3 Å². The molecule has 0 aliphatic heterocycles. The van der Waals surface area contributed by atoms with Crippen molar-refractivity contribution < 1.29 is 19.6 Å². The Bertz CT molecular complexity index is 886. The van der Waals surface area contributed by atoms with Gasteiger partial charge in [0.2, 0.25) is 6.41 Å². The van der Waals surface area contributed by atoms with Crippen LogP contribution in [0.15, 0.2) is 41.5 Å². The number of halogens is 2. The molecular weight excluding hydrogens is 411 g/mol. The monoisotopic (exact) mass is 426 g/mol. The number of phenolic OH excluding ortho intramolecular Hbond substituents is 1. The molecule has 0 spiro atoms. The van der Waals surface area contributed by atoms with Gasteiger partial charge in [0.1, 0.15) is 5.75 Å². The second kappa shape index (κ2) is 10.9. The predicted molar refractivity (Wildman–Crippen MR) is 106 cm³/mol. The van der Waals surface area contributed by atoms with Crippen LogP contribution in [0.3, 0.4) is 0 Å². The SMILES string of the molecule is CN(C)C=O.O=C(N/N=C/c1cc(Cl)cc(Cl)c1O)c1ccc([N+](=O)[O-])cc1. The Balaban J connectivity index is 0.000000696. The van der Waals surface area contributed by atoms with E-state index in [1.165, 1.54) is 47.5 Å². The first kappa shape index (κ1) is 22.9. The fourth-order valence-corrected chi connectivity index (χ4v) is 2.15. The van der Waals surface area contributed by atoms with Crippen molar-refractivity contribution >= 4 is 47.4 Å². The number of phenols is 1. The van der Waals surface area contributed by atoms with Crippen LogP contribution in [0.4, 0.5) is 5.69 Å². The lowest BCUT2D eigenvalue weighted by molar-refractivity contribution is -0.384. The van der Waals surface area contributed by atoms with Gasteiger partial charge in [0.25, 0.3) is 11.6 Å². The van der Waals surface area contributed by atoms with Crippen molar-refractivity contribution in [3.05, 3.63) is 67.7 Å². The summed E-state index contributed by atoms with van der Waals surface area (Å²) in [6.45, 7) is 0. The summed E-state index contributed by atoms with van der Waals surface area (Å²) in [5, 5.41) is 24.3. The number of non-ortho nitro benzene ring substituents is 1. The number of carbonyl (C=O) groups is 2. The highest BCUT2D eigenvalue weighted by Gasteiger charge is 2.09. The van der Waals surface area contributed by atoms with Gasteiger partial charge < -0.3 is 10.0 Å². The van der Waals surface area contributed by atoms with Crippen molar-refractivity contribution in [3.8, 4) is 5.75 Å². The minimum absolute atomic E-state index is 0.0562. The van der Waals surface area contributed by atoms with Gasteiger partial charge in [-0.15, -0.1) is 0 Å². The average Bonchev–Trinajstić information content (AvgIpc) is 2.65. The van der Waals surface area contributed by atoms with Crippen LogP contribution in [0.25, 0.3) is 0 Å².